The summed E-state index contributed by atoms with van der Waals surface area (Å²) < 4.78 is 5.43. The van der Waals surface area contributed by atoms with Crippen molar-refractivity contribution in [3.63, 3.8) is 0 Å². The van der Waals surface area contributed by atoms with Crippen molar-refractivity contribution >= 4 is 18.4 Å². The maximum atomic E-state index is 11.6. The number of nitrogens with one attached hydrogen (secondary N) is 1. The van der Waals surface area contributed by atoms with Gasteiger partial charge in [-0.05, 0) is 37.9 Å². The maximum absolute atomic E-state index is 11.6. The molecule has 18 heavy (non-hydrogen) atoms. The molecule has 0 aliphatic carbocycles. The number of halogens is 1. The molecule has 2 rings (SSSR count). The minimum atomic E-state index is -0.0687. The van der Waals surface area contributed by atoms with Gasteiger partial charge in [0.1, 0.15) is 6.10 Å². The van der Waals surface area contributed by atoms with Gasteiger partial charge >= 0.3 is 5.97 Å². The van der Waals surface area contributed by atoms with Crippen LogP contribution in [0.3, 0.4) is 0 Å². The fourth-order valence-corrected chi connectivity index (χ4v) is 2.05. The van der Waals surface area contributed by atoms with Crippen LogP contribution in [0.15, 0.2) is 30.3 Å². The predicted octanol–water partition coefficient (Wildman–Crippen LogP) is 2.34. The van der Waals surface area contributed by atoms with Crippen molar-refractivity contribution in [1.82, 2.24) is 5.32 Å². The molecule has 0 radical (unpaired) electrons. The lowest BCUT2D eigenvalue weighted by atomic mass is 10.1. The molecule has 1 heterocycles. The Morgan fingerprint density at radius 2 is 1.89 bits per heavy atom. The summed E-state index contributed by atoms with van der Waals surface area (Å²) >= 11 is 0. The average Bonchev–Trinajstić information content (AvgIpc) is 2.39. The number of benzene rings is 1. The van der Waals surface area contributed by atoms with E-state index >= 15 is 0 Å². The fourth-order valence-electron chi connectivity index (χ4n) is 2.05. The molecule has 0 spiro atoms. The van der Waals surface area contributed by atoms with E-state index in [1.807, 2.05) is 30.3 Å². The molecule has 0 bridgehead atoms. The monoisotopic (exact) mass is 269 g/mol. The van der Waals surface area contributed by atoms with Gasteiger partial charge in [0, 0.05) is 6.42 Å². The van der Waals surface area contributed by atoms with E-state index in [1.165, 1.54) is 5.56 Å². The zero-order valence-corrected chi connectivity index (χ0v) is 11.2. The molecule has 1 aliphatic rings. The van der Waals surface area contributed by atoms with Gasteiger partial charge in [0.15, 0.2) is 0 Å². The average molecular weight is 270 g/mol. The van der Waals surface area contributed by atoms with Gasteiger partial charge in [0.25, 0.3) is 0 Å². The van der Waals surface area contributed by atoms with Crippen LogP contribution in [0.2, 0.25) is 0 Å². The van der Waals surface area contributed by atoms with Crippen LogP contribution < -0.4 is 5.32 Å². The highest BCUT2D eigenvalue weighted by molar-refractivity contribution is 5.85. The normalized spacial score (nSPS) is 15.8. The lowest BCUT2D eigenvalue weighted by Gasteiger charge is -2.22. The summed E-state index contributed by atoms with van der Waals surface area (Å²) in [6, 6.07) is 10.0. The minimum Gasteiger partial charge on any atom is -0.462 e. The van der Waals surface area contributed by atoms with Gasteiger partial charge in [0.05, 0.1) is 0 Å². The van der Waals surface area contributed by atoms with Gasteiger partial charge in [-0.25, -0.2) is 0 Å². The Hall–Kier alpha value is -1.06. The number of hydrogen-bond acceptors (Lipinski definition) is 3. The van der Waals surface area contributed by atoms with E-state index in [0.717, 1.165) is 32.4 Å². The lowest BCUT2D eigenvalue weighted by molar-refractivity contribution is -0.150. The van der Waals surface area contributed by atoms with E-state index < -0.39 is 0 Å². The number of esters is 1. The highest BCUT2D eigenvalue weighted by atomic mass is 35.5. The van der Waals surface area contributed by atoms with Gasteiger partial charge in [0.2, 0.25) is 0 Å². The second-order valence-corrected chi connectivity index (χ2v) is 4.42. The Morgan fingerprint density at radius 1 is 1.22 bits per heavy atom. The third kappa shape index (κ3) is 5.07. The van der Waals surface area contributed by atoms with Crippen LogP contribution >= 0.6 is 12.4 Å². The van der Waals surface area contributed by atoms with E-state index in [2.05, 4.69) is 5.32 Å². The summed E-state index contributed by atoms with van der Waals surface area (Å²) in [6.07, 6.45) is 3.26. The summed E-state index contributed by atoms with van der Waals surface area (Å²) in [7, 11) is 0. The highest BCUT2D eigenvalue weighted by Gasteiger charge is 2.16. The van der Waals surface area contributed by atoms with Gasteiger partial charge < -0.3 is 10.1 Å². The van der Waals surface area contributed by atoms with E-state index in [-0.39, 0.29) is 24.5 Å². The number of aryl methyl sites for hydroxylation is 1. The number of piperidine rings is 1. The number of rotatable bonds is 4. The van der Waals surface area contributed by atoms with Gasteiger partial charge in [-0.2, -0.15) is 0 Å². The molecule has 0 atom stereocenters. The van der Waals surface area contributed by atoms with Gasteiger partial charge in [-0.3, -0.25) is 4.79 Å². The summed E-state index contributed by atoms with van der Waals surface area (Å²) in [6.45, 7) is 1.91. The maximum Gasteiger partial charge on any atom is 0.306 e. The van der Waals surface area contributed by atoms with Crippen LogP contribution in [-0.4, -0.2) is 25.2 Å². The largest absolute Gasteiger partial charge is 0.462 e. The molecule has 1 N–H and O–H groups in total. The van der Waals surface area contributed by atoms with E-state index in [9.17, 15) is 4.79 Å². The van der Waals surface area contributed by atoms with Crippen LogP contribution in [0, 0.1) is 0 Å². The third-order valence-electron chi connectivity index (χ3n) is 3.04. The number of carbonyl (C=O) groups is 1. The van der Waals surface area contributed by atoms with Crippen molar-refractivity contribution in [2.24, 2.45) is 0 Å². The number of hydrogen-bond donors (Lipinski definition) is 1. The Bertz CT molecular complexity index is 350. The molecule has 4 heteroatoms. The Labute approximate surface area is 114 Å². The first-order chi connectivity index (χ1) is 8.34. The lowest BCUT2D eigenvalue weighted by Crippen LogP contribution is -2.33. The zero-order chi connectivity index (χ0) is 11.9. The third-order valence-corrected chi connectivity index (χ3v) is 3.04. The summed E-state index contributed by atoms with van der Waals surface area (Å²) in [4.78, 5) is 11.6. The number of carbonyl (C=O) groups excluding carboxylic acids is 1. The first-order valence-corrected chi connectivity index (χ1v) is 6.29. The van der Waals surface area contributed by atoms with Crippen molar-refractivity contribution in [3.05, 3.63) is 35.9 Å². The smallest absolute Gasteiger partial charge is 0.306 e. The van der Waals surface area contributed by atoms with Crippen LogP contribution in [0.5, 0.6) is 0 Å². The van der Waals surface area contributed by atoms with Crippen LogP contribution in [0.4, 0.5) is 0 Å². The fraction of sp³-hybridized carbons (Fsp3) is 0.500. The predicted molar refractivity (Wildman–Crippen MR) is 74.0 cm³/mol. The molecule has 0 amide bonds. The molecule has 1 aromatic rings. The molecule has 1 aromatic carbocycles. The molecule has 0 aromatic heterocycles. The Morgan fingerprint density at radius 3 is 2.56 bits per heavy atom. The molecule has 0 unspecified atom stereocenters. The summed E-state index contributed by atoms with van der Waals surface area (Å²) in [5.74, 6) is -0.0687. The van der Waals surface area contributed by atoms with Crippen LogP contribution in [-0.2, 0) is 16.0 Å². The molecule has 1 saturated heterocycles. The molecule has 1 fully saturated rings. The van der Waals surface area contributed by atoms with E-state index in [4.69, 9.17) is 4.74 Å². The van der Waals surface area contributed by atoms with Crippen LogP contribution in [0.25, 0.3) is 0 Å². The first-order valence-electron chi connectivity index (χ1n) is 6.29. The van der Waals surface area contributed by atoms with E-state index in [1.54, 1.807) is 0 Å². The summed E-state index contributed by atoms with van der Waals surface area (Å²) in [5, 5.41) is 3.25. The summed E-state index contributed by atoms with van der Waals surface area (Å²) in [5.41, 5.74) is 1.19. The Balaban J connectivity index is 0.00000162. The minimum absolute atomic E-state index is 0. The molecular weight excluding hydrogens is 250 g/mol. The standard InChI is InChI=1S/C14H19NO2.ClH/c16-14(17-13-8-10-15-11-9-13)7-6-12-4-2-1-3-5-12;/h1-5,13,15H,6-11H2;1H. The van der Waals surface area contributed by atoms with E-state index in [0.29, 0.717) is 6.42 Å². The first kappa shape index (κ1) is 15.0. The van der Waals surface area contributed by atoms with Crippen molar-refractivity contribution < 1.29 is 9.53 Å². The highest BCUT2D eigenvalue weighted by Crippen LogP contribution is 2.10. The Kier molecular flexibility index (Phi) is 6.76. The van der Waals surface area contributed by atoms with Gasteiger partial charge in [-0.1, -0.05) is 30.3 Å². The van der Waals surface area contributed by atoms with Crippen molar-refractivity contribution in [2.45, 2.75) is 31.8 Å². The second kappa shape index (κ2) is 8.11. The quantitative estimate of drug-likeness (QED) is 0.853. The molecule has 1 aliphatic heterocycles. The molecular formula is C14H20ClNO2. The molecule has 0 saturated carbocycles. The SMILES string of the molecule is Cl.O=C(CCc1ccccc1)OC1CCNCC1. The topological polar surface area (TPSA) is 38.3 Å². The molecule has 100 valence electrons. The molecule has 3 nitrogen and oxygen atoms in total. The van der Waals surface area contributed by atoms with Crippen molar-refractivity contribution in [3.8, 4) is 0 Å². The van der Waals surface area contributed by atoms with Crippen LogP contribution in [0.1, 0.15) is 24.8 Å². The second-order valence-electron chi connectivity index (χ2n) is 4.42. The number of ether oxygens (including phenoxy) is 1. The zero-order valence-electron chi connectivity index (χ0n) is 10.4. The van der Waals surface area contributed by atoms with Gasteiger partial charge in [-0.15, -0.1) is 12.4 Å². The van der Waals surface area contributed by atoms with Crippen molar-refractivity contribution in [1.29, 1.82) is 0 Å². The van der Waals surface area contributed by atoms with Crippen molar-refractivity contribution in [2.75, 3.05) is 13.1 Å².